The molecule has 0 saturated carbocycles. The van der Waals surface area contributed by atoms with Crippen LogP contribution in [-0.2, 0) is 4.74 Å². The second kappa shape index (κ2) is 8.32. The molecule has 0 radical (unpaired) electrons. The number of nitrogens with one attached hydrogen (secondary N) is 2. The molecule has 1 atom stereocenters. The van der Waals surface area contributed by atoms with Gasteiger partial charge in [0.15, 0.2) is 5.11 Å². The summed E-state index contributed by atoms with van der Waals surface area (Å²) in [5.41, 5.74) is 4.68. The summed E-state index contributed by atoms with van der Waals surface area (Å²) >= 11 is 5.44. The van der Waals surface area contributed by atoms with Gasteiger partial charge < -0.3 is 20.3 Å². The molecule has 132 valence electrons. The zero-order valence-electron chi connectivity index (χ0n) is 14.8. The van der Waals surface area contributed by atoms with E-state index in [1.54, 1.807) is 0 Å². The van der Waals surface area contributed by atoms with Crippen molar-refractivity contribution in [1.29, 1.82) is 0 Å². The monoisotopic (exact) mass is 355 g/mol. The minimum absolute atomic E-state index is 0.142. The van der Waals surface area contributed by atoms with Crippen molar-refractivity contribution in [3.05, 3.63) is 59.7 Å². The first-order valence-corrected chi connectivity index (χ1v) is 9.09. The van der Waals surface area contributed by atoms with Crippen LogP contribution in [0.5, 0.6) is 0 Å². The highest BCUT2D eigenvalue weighted by molar-refractivity contribution is 7.80. The third-order valence-corrected chi connectivity index (χ3v) is 4.61. The van der Waals surface area contributed by atoms with Crippen LogP contribution in [-0.4, -0.2) is 31.4 Å². The van der Waals surface area contributed by atoms with Crippen LogP contribution in [0.2, 0.25) is 0 Å². The third-order valence-electron chi connectivity index (χ3n) is 4.39. The molecular weight excluding hydrogens is 330 g/mol. The summed E-state index contributed by atoms with van der Waals surface area (Å²) in [4.78, 5) is 2.36. The standard InChI is InChI=1S/C20H25N3OS/c1-15-4-3-5-18(14-15)22-20(25)21-16(2)17-6-8-19(9-7-17)23-10-12-24-13-11-23/h3-9,14,16H,10-13H2,1-2H3,(H2,21,22,25)/t16-/m0/s1. The first-order valence-electron chi connectivity index (χ1n) is 8.68. The lowest BCUT2D eigenvalue weighted by Gasteiger charge is -2.29. The average Bonchev–Trinajstić information content (AvgIpc) is 2.62. The molecule has 0 aromatic heterocycles. The van der Waals surface area contributed by atoms with Gasteiger partial charge in [-0.15, -0.1) is 0 Å². The van der Waals surface area contributed by atoms with Crippen molar-refractivity contribution in [1.82, 2.24) is 5.32 Å². The fourth-order valence-corrected chi connectivity index (χ4v) is 3.26. The van der Waals surface area contributed by atoms with E-state index in [4.69, 9.17) is 17.0 Å². The van der Waals surface area contributed by atoms with Crippen molar-refractivity contribution in [2.45, 2.75) is 19.9 Å². The molecule has 25 heavy (non-hydrogen) atoms. The number of nitrogens with zero attached hydrogens (tertiary/aromatic N) is 1. The highest BCUT2D eigenvalue weighted by Crippen LogP contribution is 2.20. The number of thiocarbonyl (C=S) groups is 1. The van der Waals surface area contributed by atoms with Crippen molar-refractivity contribution in [2.75, 3.05) is 36.5 Å². The molecule has 0 unspecified atom stereocenters. The van der Waals surface area contributed by atoms with E-state index >= 15 is 0 Å². The minimum Gasteiger partial charge on any atom is -0.378 e. The molecule has 3 rings (SSSR count). The van der Waals surface area contributed by atoms with Gasteiger partial charge in [-0.3, -0.25) is 0 Å². The average molecular weight is 356 g/mol. The second-order valence-electron chi connectivity index (χ2n) is 6.38. The van der Waals surface area contributed by atoms with Crippen LogP contribution in [0.3, 0.4) is 0 Å². The molecule has 0 aliphatic carbocycles. The molecule has 1 aliphatic heterocycles. The Hall–Kier alpha value is -2.11. The number of rotatable bonds is 4. The number of aryl methyl sites for hydroxylation is 1. The zero-order chi connectivity index (χ0) is 17.6. The lowest BCUT2D eigenvalue weighted by atomic mass is 10.1. The van der Waals surface area contributed by atoms with Gasteiger partial charge in [0.05, 0.1) is 19.3 Å². The van der Waals surface area contributed by atoms with Crippen molar-refractivity contribution in [3.8, 4) is 0 Å². The van der Waals surface area contributed by atoms with Gasteiger partial charge in [-0.05, 0) is 61.5 Å². The summed E-state index contributed by atoms with van der Waals surface area (Å²) in [6.07, 6.45) is 0. The van der Waals surface area contributed by atoms with Gasteiger partial charge in [-0.25, -0.2) is 0 Å². The first-order chi connectivity index (χ1) is 12.1. The summed E-state index contributed by atoms with van der Waals surface area (Å²) in [6, 6.07) is 17.0. The summed E-state index contributed by atoms with van der Waals surface area (Å²) in [5, 5.41) is 7.23. The Bertz CT molecular complexity index is 711. The van der Waals surface area contributed by atoms with Crippen LogP contribution in [0.25, 0.3) is 0 Å². The molecule has 4 nitrogen and oxygen atoms in total. The lowest BCUT2D eigenvalue weighted by molar-refractivity contribution is 0.122. The molecule has 1 aliphatic rings. The summed E-state index contributed by atoms with van der Waals surface area (Å²) in [5.74, 6) is 0. The Labute approximate surface area is 155 Å². The zero-order valence-corrected chi connectivity index (χ0v) is 15.6. The Morgan fingerprint density at radius 2 is 1.84 bits per heavy atom. The van der Waals surface area contributed by atoms with Crippen LogP contribution in [0.1, 0.15) is 24.1 Å². The second-order valence-corrected chi connectivity index (χ2v) is 6.79. The number of benzene rings is 2. The number of morpholine rings is 1. The Morgan fingerprint density at radius 3 is 2.52 bits per heavy atom. The molecular formula is C20H25N3OS. The summed E-state index contributed by atoms with van der Waals surface area (Å²) in [7, 11) is 0. The van der Waals surface area contributed by atoms with Gasteiger partial charge in [0.2, 0.25) is 0 Å². The van der Waals surface area contributed by atoms with Crippen LogP contribution >= 0.6 is 12.2 Å². The topological polar surface area (TPSA) is 36.5 Å². The minimum atomic E-state index is 0.142. The first kappa shape index (κ1) is 17.7. The van der Waals surface area contributed by atoms with E-state index in [1.807, 2.05) is 12.1 Å². The number of hydrogen-bond donors (Lipinski definition) is 2. The van der Waals surface area contributed by atoms with E-state index < -0.39 is 0 Å². The third kappa shape index (κ3) is 4.94. The van der Waals surface area contributed by atoms with E-state index in [0.717, 1.165) is 32.0 Å². The molecule has 1 fully saturated rings. The maximum atomic E-state index is 5.44. The van der Waals surface area contributed by atoms with Gasteiger partial charge in [0, 0.05) is 24.5 Å². The Morgan fingerprint density at radius 1 is 1.12 bits per heavy atom. The van der Waals surface area contributed by atoms with E-state index in [2.05, 4.69) is 65.8 Å². The molecule has 2 N–H and O–H groups in total. The summed E-state index contributed by atoms with van der Waals surface area (Å²) in [6.45, 7) is 7.71. The summed E-state index contributed by atoms with van der Waals surface area (Å²) < 4.78 is 5.41. The van der Waals surface area contributed by atoms with Gasteiger partial charge >= 0.3 is 0 Å². The molecule has 1 heterocycles. The SMILES string of the molecule is Cc1cccc(NC(=S)N[C@@H](C)c2ccc(N3CCOCC3)cc2)c1. The van der Waals surface area contributed by atoms with Crippen molar-refractivity contribution < 1.29 is 4.74 Å². The van der Waals surface area contributed by atoms with Crippen molar-refractivity contribution in [2.24, 2.45) is 0 Å². The Balaban J connectivity index is 1.57. The number of hydrogen-bond acceptors (Lipinski definition) is 3. The highest BCUT2D eigenvalue weighted by atomic mass is 32.1. The molecule has 2 aromatic carbocycles. The highest BCUT2D eigenvalue weighted by Gasteiger charge is 2.12. The van der Waals surface area contributed by atoms with E-state index in [1.165, 1.54) is 16.8 Å². The van der Waals surface area contributed by atoms with Gasteiger partial charge in [0.25, 0.3) is 0 Å². The molecule has 0 bridgehead atoms. The molecule has 5 heteroatoms. The van der Waals surface area contributed by atoms with Crippen LogP contribution in [0.15, 0.2) is 48.5 Å². The van der Waals surface area contributed by atoms with Crippen LogP contribution in [0, 0.1) is 6.92 Å². The van der Waals surface area contributed by atoms with Crippen molar-refractivity contribution in [3.63, 3.8) is 0 Å². The lowest BCUT2D eigenvalue weighted by Crippen LogP contribution is -2.36. The predicted molar refractivity (Wildman–Crippen MR) is 108 cm³/mol. The van der Waals surface area contributed by atoms with Crippen LogP contribution in [0.4, 0.5) is 11.4 Å². The fourth-order valence-electron chi connectivity index (χ4n) is 2.97. The van der Waals surface area contributed by atoms with E-state index in [9.17, 15) is 0 Å². The fraction of sp³-hybridized carbons (Fsp3) is 0.350. The quantitative estimate of drug-likeness (QED) is 0.814. The van der Waals surface area contributed by atoms with Crippen LogP contribution < -0.4 is 15.5 Å². The maximum absolute atomic E-state index is 5.44. The van der Waals surface area contributed by atoms with Crippen molar-refractivity contribution >= 4 is 28.7 Å². The number of anilines is 2. The Kier molecular flexibility index (Phi) is 5.89. The normalized spacial score (nSPS) is 15.5. The largest absolute Gasteiger partial charge is 0.378 e. The molecule has 1 saturated heterocycles. The molecule has 2 aromatic rings. The van der Waals surface area contributed by atoms with Gasteiger partial charge in [0.1, 0.15) is 0 Å². The maximum Gasteiger partial charge on any atom is 0.171 e. The molecule has 0 amide bonds. The number of ether oxygens (including phenoxy) is 1. The predicted octanol–water partition coefficient (Wildman–Crippen LogP) is 3.88. The van der Waals surface area contributed by atoms with Gasteiger partial charge in [-0.1, -0.05) is 24.3 Å². The van der Waals surface area contributed by atoms with Gasteiger partial charge in [-0.2, -0.15) is 0 Å². The molecule has 0 spiro atoms. The smallest absolute Gasteiger partial charge is 0.171 e. The van der Waals surface area contributed by atoms with E-state index in [0.29, 0.717) is 5.11 Å². The van der Waals surface area contributed by atoms with E-state index in [-0.39, 0.29) is 6.04 Å².